The zero-order valence-electron chi connectivity index (χ0n) is 18.3. The number of aliphatic imine (C=N–C) groups is 1. The summed E-state index contributed by atoms with van der Waals surface area (Å²) in [4.78, 5) is 4.87. The summed E-state index contributed by atoms with van der Waals surface area (Å²) in [5.41, 5.74) is 5.43. The van der Waals surface area contributed by atoms with Crippen LogP contribution in [0.3, 0.4) is 0 Å². The van der Waals surface area contributed by atoms with E-state index in [1.165, 1.54) is 17.7 Å². The summed E-state index contributed by atoms with van der Waals surface area (Å²) >= 11 is 0. The van der Waals surface area contributed by atoms with Crippen LogP contribution in [0.4, 0.5) is 4.39 Å². The van der Waals surface area contributed by atoms with Crippen LogP contribution in [0.25, 0.3) is 5.70 Å². The summed E-state index contributed by atoms with van der Waals surface area (Å²) in [5.74, 6) is -0.263. The molecule has 0 unspecified atom stereocenters. The van der Waals surface area contributed by atoms with Crippen molar-refractivity contribution < 1.29 is 4.39 Å². The zero-order chi connectivity index (χ0) is 21.9. The number of hydrogen-bond acceptors (Lipinski definition) is 2. The van der Waals surface area contributed by atoms with E-state index < -0.39 is 0 Å². The molecule has 0 aliphatic heterocycles. The monoisotopic (exact) mass is 402 g/mol. The number of benzene rings is 2. The Bertz CT molecular complexity index is 948. The fourth-order valence-corrected chi connectivity index (χ4v) is 3.03. The Kier molecular flexibility index (Phi) is 9.02. The van der Waals surface area contributed by atoms with Gasteiger partial charge >= 0.3 is 0 Å². The van der Waals surface area contributed by atoms with E-state index in [2.05, 4.69) is 31.0 Å². The minimum absolute atomic E-state index is 0.165. The molecule has 1 N–H and O–H groups in total. The highest BCUT2D eigenvalue weighted by Gasteiger charge is 2.12. The van der Waals surface area contributed by atoms with Gasteiger partial charge in [0.1, 0.15) is 5.82 Å². The van der Waals surface area contributed by atoms with Gasteiger partial charge in [0, 0.05) is 11.3 Å². The van der Waals surface area contributed by atoms with Crippen molar-refractivity contribution in [2.75, 3.05) is 0 Å². The molecule has 0 spiro atoms. The second kappa shape index (κ2) is 11.7. The first-order valence-corrected chi connectivity index (χ1v) is 10.3. The van der Waals surface area contributed by atoms with Gasteiger partial charge in [0.05, 0.1) is 17.5 Å². The summed E-state index contributed by atoms with van der Waals surface area (Å²) in [6.45, 7) is 12.3. The SMILES string of the molecule is C=C(N[C@@H](CC)c1ccccc1)C(C)=N/C(=C(C)/C=C\C=C/C)c1ccc(F)cc1. The maximum Gasteiger partial charge on any atom is 0.123 e. The number of rotatable bonds is 9. The summed E-state index contributed by atoms with van der Waals surface area (Å²) in [7, 11) is 0. The molecular weight excluding hydrogens is 371 g/mol. The fourth-order valence-electron chi connectivity index (χ4n) is 3.03. The molecule has 1 atom stereocenters. The Hall–Kier alpha value is -3.20. The van der Waals surface area contributed by atoms with E-state index in [4.69, 9.17) is 4.99 Å². The summed E-state index contributed by atoms with van der Waals surface area (Å²) in [6, 6.07) is 16.9. The molecule has 0 aliphatic rings. The Morgan fingerprint density at radius 3 is 2.33 bits per heavy atom. The van der Waals surface area contributed by atoms with Gasteiger partial charge in [-0.25, -0.2) is 4.39 Å². The Balaban J connectivity index is 2.34. The highest BCUT2D eigenvalue weighted by Crippen LogP contribution is 2.23. The van der Waals surface area contributed by atoms with E-state index in [-0.39, 0.29) is 11.9 Å². The maximum atomic E-state index is 13.4. The van der Waals surface area contributed by atoms with Crippen LogP contribution in [-0.2, 0) is 0 Å². The Labute approximate surface area is 180 Å². The molecule has 2 rings (SSSR count). The molecule has 0 amide bonds. The second-order valence-corrected chi connectivity index (χ2v) is 7.12. The molecule has 156 valence electrons. The smallest absolute Gasteiger partial charge is 0.123 e. The van der Waals surface area contributed by atoms with E-state index in [0.717, 1.165) is 34.7 Å². The molecule has 0 heterocycles. The van der Waals surface area contributed by atoms with Crippen LogP contribution in [0, 0.1) is 5.82 Å². The molecule has 0 fully saturated rings. The lowest BCUT2D eigenvalue weighted by molar-refractivity contribution is 0.592. The molecule has 0 aromatic heterocycles. The highest BCUT2D eigenvalue weighted by molar-refractivity contribution is 6.00. The molecular formula is C27H31FN2. The molecule has 2 aromatic carbocycles. The van der Waals surface area contributed by atoms with Crippen molar-refractivity contribution >= 4 is 11.4 Å². The van der Waals surface area contributed by atoms with Gasteiger partial charge in [-0.3, -0.25) is 4.99 Å². The predicted octanol–water partition coefficient (Wildman–Crippen LogP) is 7.40. The molecule has 0 saturated carbocycles. The Morgan fingerprint density at radius 1 is 1.07 bits per heavy atom. The first-order valence-electron chi connectivity index (χ1n) is 10.3. The van der Waals surface area contributed by atoms with Crippen LogP contribution in [0.2, 0.25) is 0 Å². The minimum Gasteiger partial charge on any atom is -0.377 e. The van der Waals surface area contributed by atoms with Gasteiger partial charge in [0.2, 0.25) is 0 Å². The van der Waals surface area contributed by atoms with Crippen molar-refractivity contribution in [3.8, 4) is 0 Å². The van der Waals surface area contributed by atoms with Crippen molar-refractivity contribution in [3.05, 3.63) is 114 Å². The van der Waals surface area contributed by atoms with Gasteiger partial charge in [-0.2, -0.15) is 0 Å². The first kappa shape index (κ1) is 23.1. The minimum atomic E-state index is -0.263. The third kappa shape index (κ3) is 6.70. The van der Waals surface area contributed by atoms with E-state index in [9.17, 15) is 4.39 Å². The summed E-state index contributed by atoms with van der Waals surface area (Å²) in [5, 5.41) is 3.50. The summed E-state index contributed by atoms with van der Waals surface area (Å²) < 4.78 is 13.4. The molecule has 0 saturated heterocycles. The molecule has 2 nitrogen and oxygen atoms in total. The largest absolute Gasteiger partial charge is 0.377 e. The van der Waals surface area contributed by atoms with Crippen LogP contribution in [0.15, 0.2) is 102 Å². The predicted molar refractivity (Wildman–Crippen MR) is 128 cm³/mol. The maximum absolute atomic E-state index is 13.4. The third-order valence-corrected chi connectivity index (χ3v) is 4.82. The van der Waals surface area contributed by atoms with Crippen LogP contribution in [0.5, 0.6) is 0 Å². The number of allylic oxidation sites excluding steroid dienone is 6. The van der Waals surface area contributed by atoms with Gasteiger partial charge in [-0.05, 0) is 62.6 Å². The van der Waals surface area contributed by atoms with Crippen molar-refractivity contribution in [1.82, 2.24) is 5.32 Å². The average molecular weight is 403 g/mol. The molecule has 3 heteroatoms. The summed E-state index contributed by atoms with van der Waals surface area (Å²) in [6.07, 6.45) is 8.84. The van der Waals surface area contributed by atoms with Crippen LogP contribution >= 0.6 is 0 Å². The topological polar surface area (TPSA) is 24.4 Å². The molecule has 30 heavy (non-hydrogen) atoms. The van der Waals surface area contributed by atoms with Crippen molar-refractivity contribution in [1.29, 1.82) is 0 Å². The van der Waals surface area contributed by atoms with Gasteiger partial charge in [-0.1, -0.05) is 68.1 Å². The number of halogens is 1. The van der Waals surface area contributed by atoms with E-state index in [0.29, 0.717) is 0 Å². The lowest BCUT2D eigenvalue weighted by Crippen LogP contribution is -2.23. The third-order valence-electron chi connectivity index (χ3n) is 4.82. The molecule has 0 aliphatic carbocycles. The molecule has 0 bridgehead atoms. The van der Waals surface area contributed by atoms with E-state index in [1.54, 1.807) is 12.1 Å². The van der Waals surface area contributed by atoms with Gasteiger partial charge in [0.25, 0.3) is 0 Å². The normalized spacial score (nSPS) is 14.1. The lowest BCUT2D eigenvalue weighted by atomic mass is 10.0. The zero-order valence-corrected chi connectivity index (χ0v) is 18.3. The molecule has 2 aromatic rings. The fraction of sp³-hybridized carbons (Fsp3) is 0.222. The van der Waals surface area contributed by atoms with Gasteiger partial charge < -0.3 is 5.32 Å². The second-order valence-electron chi connectivity index (χ2n) is 7.12. The first-order chi connectivity index (χ1) is 14.5. The Morgan fingerprint density at radius 2 is 1.73 bits per heavy atom. The number of nitrogens with one attached hydrogen (secondary N) is 1. The van der Waals surface area contributed by atoms with Crippen LogP contribution < -0.4 is 5.32 Å². The van der Waals surface area contributed by atoms with Crippen molar-refractivity contribution in [2.45, 2.75) is 40.2 Å². The van der Waals surface area contributed by atoms with Crippen LogP contribution in [0.1, 0.15) is 51.3 Å². The number of hydrogen-bond donors (Lipinski definition) is 1. The lowest BCUT2D eigenvalue weighted by Gasteiger charge is -2.20. The highest BCUT2D eigenvalue weighted by atomic mass is 19.1. The van der Waals surface area contributed by atoms with E-state index >= 15 is 0 Å². The van der Waals surface area contributed by atoms with Crippen LogP contribution in [-0.4, -0.2) is 5.71 Å². The van der Waals surface area contributed by atoms with Crippen molar-refractivity contribution in [3.63, 3.8) is 0 Å². The van der Waals surface area contributed by atoms with Gasteiger partial charge in [-0.15, -0.1) is 0 Å². The quantitative estimate of drug-likeness (QED) is 0.343. The average Bonchev–Trinajstić information content (AvgIpc) is 2.76. The van der Waals surface area contributed by atoms with Crippen molar-refractivity contribution in [2.24, 2.45) is 4.99 Å². The van der Waals surface area contributed by atoms with Gasteiger partial charge in [0.15, 0.2) is 0 Å². The number of nitrogens with zero attached hydrogens (tertiary/aromatic N) is 1. The van der Waals surface area contributed by atoms with E-state index in [1.807, 2.05) is 63.3 Å². The standard InChI is InChI=1S/C27H31FN2/c1-6-8-10-13-20(3)27(24-16-18-25(28)19-17-24)30-22(5)21(4)29-26(7-2)23-14-11-9-12-15-23/h6,8-19,26,29H,4,7H2,1-3,5H3/b8-6-,13-10-,27-20+,30-22?/t26-/m0/s1. The molecule has 0 radical (unpaired) electrons.